The minimum absolute atomic E-state index is 0.526. The van der Waals surface area contributed by atoms with Crippen molar-refractivity contribution in [3.63, 3.8) is 0 Å². The van der Waals surface area contributed by atoms with Crippen LogP contribution >= 0.6 is 0 Å². The smallest absolute Gasteiger partial charge is 0.152 e. The van der Waals surface area contributed by atoms with E-state index in [2.05, 4.69) is 16.8 Å². The Kier molecular flexibility index (Phi) is 2.48. The van der Waals surface area contributed by atoms with E-state index in [1.165, 1.54) is 12.8 Å². The Hall–Kier alpha value is -1.38. The van der Waals surface area contributed by atoms with Gasteiger partial charge in [0, 0.05) is 24.3 Å². The summed E-state index contributed by atoms with van der Waals surface area (Å²) >= 11 is 0. The van der Waals surface area contributed by atoms with E-state index in [4.69, 9.17) is 0 Å². The number of carbonyl (C=O) groups excluding carboxylic acids is 1. The zero-order valence-electron chi connectivity index (χ0n) is 8.31. The van der Waals surface area contributed by atoms with Crippen LogP contribution in [0.5, 0.6) is 0 Å². The van der Waals surface area contributed by atoms with Crippen LogP contribution in [0.25, 0.3) is 0 Å². The van der Waals surface area contributed by atoms with Crippen LogP contribution in [-0.4, -0.2) is 23.9 Å². The first kappa shape index (κ1) is 9.19. The number of pyridine rings is 1. The van der Waals surface area contributed by atoms with E-state index in [1.807, 2.05) is 0 Å². The molecular formula is C11H14N2O. The highest BCUT2D eigenvalue weighted by atomic mass is 16.1. The van der Waals surface area contributed by atoms with Gasteiger partial charge in [0.1, 0.15) is 0 Å². The first-order chi connectivity index (χ1) is 6.83. The van der Waals surface area contributed by atoms with Gasteiger partial charge in [0.2, 0.25) is 0 Å². The van der Waals surface area contributed by atoms with E-state index in [9.17, 15) is 4.79 Å². The number of rotatable bonds is 2. The Bertz CT molecular complexity index is 338. The van der Waals surface area contributed by atoms with Crippen LogP contribution in [0.4, 0.5) is 5.69 Å². The molecule has 1 atom stereocenters. The van der Waals surface area contributed by atoms with Crippen LogP contribution in [-0.2, 0) is 0 Å². The van der Waals surface area contributed by atoms with Crippen molar-refractivity contribution in [3.05, 3.63) is 24.0 Å². The fraction of sp³-hybridized carbons (Fsp3) is 0.455. The Morgan fingerprint density at radius 2 is 2.50 bits per heavy atom. The van der Waals surface area contributed by atoms with Crippen molar-refractivity contribution >= 4 is 12.0 Å². The SMILES string of the molecule is CC1CCCN1c1cnccc1C=O. The van der Waals surface area contributed by atoms with E-state index in [1.54, 1.807) is 18.5 Å². The molecule has 0 saturated carbocycles. The van der Waals surface area contributed by atoms with Gasteiger partial charge >= 0.3 is 0 Å². The van der Waals surface area contributed by atoms with Crippen LogP contribution in [0.2, 0.25) is 0 Å². The molecule has 1 fully saturated rings. The summed E-state index contributed by atoms with van der Waals surface area (Å²) in [6, 6.07) is 2.30. The summed E-state index contributed by atoms with van der Waals surface area (Å²) in [6.45, 7) is 3.22. The highest BCUT2D eigenvalue weighted by Crippen LogP contribution is 2.26. The Balaban J connectivity index is 2.34. The summed E-state index contributed by atoms with van der Waals surface area (Å²) in [5.41, 5.74) is 1.72. The fourth-order valence-electron chi connectivity index (χ4n) is 2.03. The predicted octanol–water partition coefficient (Wildman–Crippen LogP) is 1.88. The van der Waals surface area contributed by atoms with Gasteiger partial charge in [0.05, 0.1) is 11.9 Å². The molecule has 0 aliphatic carbocycles. The van der Waals surface area contributed by atoms with Gasteiger partial charge in [-0.3, -0.25) is 9.78 Å². The second kappa shape index (κ2) is 3.78. The summed E-state index contributed by atoms with van der Waals surface area (Å²) in [7, 11) is 0. The molecule has 0 bridgehead atoms. The van der Waals surface area contributed by atoms with Crippen LogP contribution in [0.15, 0.2) is 18.5 Å². The van der Waals surface area contributed by atoms with Gasteiger partial charge < -0.3 is 4.90 Å². The standard InChI is InChI=1S/C11H14N2O/c1-9-3-2-6-13(9)11-7-12-5-4-10(11)8-14/h4-5,7-9H,2-3,6H2,1H3. The number of anilines is 1. The van der Waals surface area contributed by atoms with Crippen molar-refractivity contribution < 1.29 is 4.79 Å². The first-order valence-electron chi connectivity index (χ1n) is 4.99. The number of aromatic nitrogens is 1. The molecule has 1 aliphatic heterocycles. The molecule has 0 N–H and O–H groups in total. The Labute approximate surface area is 83.8 Å². The third kappa shape index (κ3) is 1.50. The maximum absolute atomic E-state index is 10.8. The number of nitrogens with zero attached hydrogens (tertiary/aromatic N) is 2. The summed E-state index contributed by atoms with van der Waals surface area (Å²) < 4.78 is 0. The second-order valence-electron chi connectivity index (χ2n) is 3.74. The molecule has 74 valence electrons. The Morgan fingerprint density at radius 3 is 3.14 bits per heavy atom. The van der Waals surface area contributed by atoms with Gasteiger partial charge in [-0.05, 0) is 25.8 Å². The summed E-state index contributed by atoms with van der Waals surface area (Å²) in [6.07, 6.45) is 6.75. The lowest BCUT2D eigenvalue weighted by Crippen LogP contribution is -2.27. The normalized spacial score (nSPS) is 21.2. The number of hydrogen-bond acceptors (Lipinski definition) is 3. The average Bonchev–Trinajstić information content (AvgIpc) is 2.64. The summed E-state index contributed by atoms with van der Waals surface area (Å²) in [5, 5.41) is 0. The van der Waals surface area contributed by atoms with Crippen LogP contribution < -0.4 is 4.90 Å². The molecular weight excluding hydrogens is 176 g/mol. The molecule has 2 heterocycles. The third-order valence-corrected chi connectivity index (χ3v) is 2.82. The highest BCUT2D eigenvalue weighted by molar-refractivity contribution is 5.84. The van der Waals surface area contributed by atoms with Crippen molar-refractivity contribution in [2.45, 2.75) is 25.8 Å². The molecule has 1 aromatic rings. The number of aldehydes is 1. The zero-order chi connectivity index (χ0) is 9.97. The van der Waals surface area contributed by atoms with Crippen molar-refractivity contribution in [3.8, 4) is 0 Å². The van der Waals surface area contributed by atoms with Crippen LogP contribution in [0.1, 0.15) is 30.1 Å². The molecule has 2 rings (SSSR count). The number of carbonyl (C=O) groups is 1. The molecule has 1 saturated heterocycles. The molecule has 3 nitrogen and oxygen atoms in total. The third-order valence-electron chi connectivity index (χ3n) is 2.82. The van der Waals surface area contributed by atoms with Gasteiger partial charge in [-0.1, -0.05) is 0 Å². The van der Waals surface area contributed by atoms with Gasteiger partial charge in [0.25, 0.3) is 0 Å². The lowest BCUT2D eigenvalue weighted by atomic mass is 10.2. The van der Waals surface area contributed by atoms with Crippen LogP contribution in [0, 0.1) is 0 Å². The molecule has 1 unspecified atom stereocenters. The van der Waals surface area contributed by atoms with Gasteiger partial charge in [-0.25, -0.2) is 0 Å². The minimum atomic E-state index is 0.526. The summed E-state index contributed by atoms with van der Waals surface area (Å²) in [4.78, 5) is 17.2. The van der Waals surface area contributed by atoms with Gasteiger partial charge in [-0.2, -0.15) is 0 Å². The molecule has 0 aromatic carbocycles. The largest absolute Gasteiger partial charge is 0.367 e. The van der Waals surface area contributed by atoms with Crippen molar-refractivity contribution in [1.82, 2.24) is 4.98 Å². The molecule has 3 heteroatoms. The fourth-order valence-corrected chi connectivity index (χ4v) is 2.03. The number of hydrogen-bond donors (Lipinski definition) is 0. The lowest BCUT2D eigenvalue weighted by molar-refractivity contribution is 0.112. The zero-order valence-corrected chi connectivity index (χ0v) is 8.31. The first-order valence-corrected chi connectivity index (χ1v) is 4.99. The summed E-state index contributed by atoms with van der Waals surface area (Å²) in [5.74, 6) is 0. The molecule has 1 aliphatic rings. The van der Waals surface area contributed by atoms with Crippen molar-refractivity contribution in [1.29, 1.82) is 0 Å². The van der Waals surface area contributed by atoms with E-state index >= 15 is 0 Å². The van der Waals surface area contributed by atoms with E-state index < -0.39 is 0 Å². The van der Waals surface area contributed by atoms with E-state index in [-0.39, 0.29) is 0 Å². The monoisotopic (exact) mass is 190 g/mol. The lowest BCUT2D eigenvalue weighted by Gasteiger charge is -2.24. The second-order valence-corrected chi connectivity index (χ2v) is 3.74. The van der Waals surface area contributed by atoms with E-state index in [0.29, 0.717) is 6.04 Å². The van der Waals surface area contributed by atoms with E-state index in [0.717, 1.165) is 24.1 Å². The average molecular weight is 190 g/mol. The van der Waals surface area contributed by atoms with Crippen molar-refractivity contribution in [2.24, 2.45) is 0 Å². The molecule has 0 amide bonds. The topological polar surface area (TPSA) is 33.2 Å². The predicted molar refractivity (Wildman–Crippen MR) is 55.7 cm³/mol. The Morgan fingerprint density at radius 1 is 1.64 bits per heavy atom. The maximum atomic E-state index is 10.8. The molecule has 0 spiro atoms. The maximum Gasteiger partial charge on any atom is 0.152 e. The van der Waals surface area contributed by atoms with Gasteiger partial charge in [-0.15, -0.1) is 0 Å². The quantitative estimate of drug-likeness (QED) is 0.668. The molecule has 1 aromatic heterocycles. The molecule has 0 radical (unpaired) electrons. The highest BCUT2D eigenvalue weighted by Gasteiger charge is 2.22. The molecule has 14 heavy (non-hydrogen) atoms. The minimum Gasteiger partial charge on any atom is -0.367 e. The van der Waals surface area contributed by atoms with Gasteiger partial charge in [0.15, 0.2) is 6.29 Å². The van der Waals surface area contributed by atoms with Crippen molar-refractivity contribution in [2.75, 3.05) is 11.4 Å². The van der Waals surface area contributed by atoms with Crippen LogP contribution in [0.3, 0.4) is 0 Å².